The third-order valence-corrected chi connectivity index (χ3v) is 4.52. The lowest BCUT2D eigenvalue weighted by molar-refractivity contribution is 0.238. The van der Waals surface area contributed by atoms with E-state index < -0.39 is 0 Å². The van der Waals surface area contributed by atoms with Crippen LogP contribution in [0.15, 0.2) is 12.3 Å². The molecule has 0 aromatic rings. The summed E-state index contributed by atoms with van der Waals surface area (Å²) in [6.45, 7) is 14.7. The fourth-order valence-electron chi connectivity index (χ4n) is 3.04. The van der Waals surface area contributed by atoms with E-state index in [4.69, 9.17) is 0 Å². The first-order chi connectivity index (χ1) is 8.50. The van der Waals surface area contributed by atoms with Gasteiger partial charge >= 0.3 is 0 Å². The Bertz CT molecular complexity index is 234. The molecule has 0 radical (unpaired) electrons. The van der Waals surface area contributed by atoms with Gasteiger partial charge in [0.25, 0.3) is 0 Å². The highest BCUT2D eigenvalue weighted by Gasteiger charge is 2.24. The molecule has 0 aliphatic heterocycles. The van der Waals surface area contributed by atoms with Crippen LogP contribution in [0.25, 0.3) is 0 Å². The molecule has 1 aliphatic rings. The predicted molar refractivity (Wildman–Crippen MR) is 81.5 cm³/mol. The molecule has 0 saturated heterocycles. The summed E-state index contributed by atoms with van der Waals surface area (Å²) >= 11 is 0. The molecular formula is C17H33N. The van der Waals surface area contributed by atoms with Crippen LogP contribution in [0.3, 0.4) is 0 Å². The topological polar surface area (TPSA) is 12.0 Å². The number of allylic oxidation sites excluding steroid dienone is 1. The van der Waals surface area contributed by atoms with E-state index in [9.17, 15) is 0 Å². The van der Waals surface area contributed by atoms with Gasteiger partial charge in [0, 0.05) is 12.2 Å². The Kier molecular flexibility index (Phi) is 6.81. The predicted octanol–water partition coefficient (Wildman–Crippen LogP) is 4.99. The zero-order valence-corrected chi connectivity index (χ0v) is 13.0. The van der Waals surface area contributed by atoms with Gasteiger partial charge in [-0.05, 0) is 62.2 Å². The van der Waals surface area contributed by atoms with Gasteiger partial charge in [0.2, 0.25) is 0 Å². The first-order valence-corrected chi connectivity index (χ1v) is 7.93. The van der Waals surface area contributed by atoms with Gasteiger partial charge in [-0.15, -0.1) is 0 Å². The molecule has 0 spiro atoms. The average Bonchev–Trinajstić information content (AvgIpc) is 2.34. The summed E-state index contributed by atoms with van der Waals surface area (Å²) < 4.78 is 0. The number of hydrogen-bond donors (Lipinski definition) is 1. The monoisotopic (exact) mass is 251 g/mol. The molecule has 0 heterocycles. The van der Waals surface area contributed by atoms with Gasteiger partial charge in [-0.3, -0.25) is 0 Å². The third-order valence-electron chi connectivity index (χ3n) is 4.52. The van der Waals surface area contributed by atoms with Gasteiger partial charge in [0.1, 0.15) is 0 Å². The molecule has 1 fully saturated rings. The Morgan fingerprint density at radius 3 is 2.22 bits per heavy atom. The maximum atomic E-state index is 4.25. The molecule has 1 N–H and O–H groups in total. The smallest absolute Gasteiger partial charge is 0.0143 e. The molecule has 0 atom stereocenters. The van der Waals surface area contributed by atoms with E-state index in [-0.39, 0.29) is 0 Å². The zero-order valence-electron chi connectivity index (χ0n) is 13.0. The van der Waals surface area contributed by atoms with Gasteiger partial charge in [0.15, 0.2) is 0 Å². The Balaban J connectivity index is 2.16. The summed E-state index contributed by atoms with van der Waals surface area (Å²) in [6.07, 6.45) is 8.08. The Hall–Kier alpha value is -0.460. The zero-order chi connectivity index (χ0) is 13.5. The molecule has 1 nitrogen and oxygen atoms in total. The highest BCUT2D eigenvalue weighted by atomic mass is 14.9. The van der Waals surface area contributed by atoms with Gasteiger partial charge in [-0.1, -0.05) is 34.3 Å². The normalized spacial score (nSPS) is 24.6. The number of nitrogens with one attached hydrogen (secondary N) is 1. The van der Waals surface area contributed by atoms with Crippen LogP contribution in [0.5, 0.6) is 0 Å². The van der Waals surface area contributed by atoms with Crippen LogP contribution >= 0.6 is 0 Å². The van der Waals surface area contributed by atoms with Crippen molar-refractivity contribution in [2.24, 2.45) is 23.7 Å². The van der Waals surface area contributed by atoms with Crippen LogP contribution in [0.2, 0.25) is 0 Å². The minimum absolute atomic E-state index is 0.735. The summed E-state index contributed by atoms with van der Waals surface area (Å²) in [5.74, 6) is 3.37. The van der Waals surface area contributed by atoms with Crippen molar-refractivity contribution in [3.8, 4) is 0 Å². The first kappa shape index (κ1) is 15.6. The Morgan fingerprint density at radius 1 is 1.11 bits per heavy atom. The van der Waals surface area contributed by atoms with E-state index >= 15 is 0 Å². The molecular weight excluding hydrogens is 218 g/mol. The standard InChI is InChI=1S/C17H33N/c1-13(2)7-6-12-18-15(5)17-10-8-16(9-11-17)14(3)4/h13-14,16-18H,5-12H2,1-4H3. The fourth-order valence-corrected chi connectivity index (χ4v) is 3.04. The molecule has 1 heteroatoms. The molecule has 0 bridgehead atoms. The van der Waals surface area contributed by atoms with Gasteiger partial charge in [-0.25, -0.2) is 0 Å². The number of hydrogen-bond acceptors (Lipinski definition) is 1. The fraction of sp³-hybridized carbons (Fsp3) is 0.882. The van der Waals surface area contributed by atoms with Crippen molar-refractivity contribution in [3.05, 3.63) is 12.3 Å². The van der Waals surface area contributed by atoms with Crippen LogP contribution in [0.4, 0.5) is 0 Å². The second kappa shape index (κ2) is 7.86. The Labute approximate surface area is 114 Å². The lowest BCUT2D eigenvalue weighted by Crippen LogP contribution is -2.26. The minimum Gasteiger partial charge on any atom is -0.389 e. The van der Waals surface area contributed by atoms with Crippen LogP contribution < -0.4 is 5.32 Å². The van der Waals surface area contributed by atoms with E-state index in [0.717, 1.165) is 30.2 Å². The molecule has 1 rings (SSSR count). The van der Waals surface area contributed by atoms with Crippen molar-refractivity contribution in [1.29, 1.82) is 0 Å². The molecule has 106 valence electrons. The average molecular weight is 251 g/mol. The van der Waals surface area contributed by atoms with Crippen LogP contribution in [0, 0.1) is 23.7 Å². The molecule has 1 saturated carbocycles. The van der Waals surface area contributed by atoms with Gasteiger partial charge in [-0.2, -0.15) is 0 Å². The van der Waals surface area contributed by atoms with E-state index in [1.165, 1.54) is 44.2 Å². The molecule has 18 heavy (non-hydrogen) atoms. The van der Waals surface area contributed by atoms with E-state index in [2.05, 4.69) is 39.6 Å². The summed E-state index contributed by atoms with van der Waals surface area (Å²) in [5.41, 5.74) is 1.31. The first-order valence-electron chi connectivity index (χ1n) is 7.93. The van der Waals surface area contributed by atoms with Crippen LogP contribution in [-0.4, -0.2) is 6.54 Å². The highest BCUT2D eigenvalue weighted by Crippen LogP contribution is 2.35. The second-order valence-electron chi connectivity index (χ2n) is 6.84. The lowest BCUT2D eigenvalue weighted by atomic mass is 9.76. The van der Waals surface area contributed by atoms with Crippen molar-refractivity contribution < 1.29 is 0 Å². The van der Waals surface area contributed by atoms with Crippen molar-refractivity contribution in [2.75, 3.05) is 6.54 Å². The van der Waals surface area contributed by atoms with Crippen LogP contribution in [-0.2, 0) is 0 Å². The minimum atomic E-state index is 0.735. The summed E-state index contributed by atoms with van der Waals surface area (Å²) in [5, 5.41) is 3.56. The maximum absolute atomic E-state index is 4.25. The summed E-state index contributed by atoms with van der Waals surface area (Å²) in [4.78, 5) is 0. The van der Waals surface area contributed by atoms with Crippen molar-refractivity contribution >= 4 is 0 Å². The van der Waals surface area contributed by atoms with Gasteiger partial charge < -0.3 is 5.32 Å². The molecule has 0 aromatic heterocycles. The lowest BCUT2D eigenvalue weighted by Gasteiger charge is -2.32. The largest absolute Gasteiger partial charge is 0.389 e. The summed E-state index contributed by atoms with van der Waals surface area (Å²) in [6, 6.07) is 0. The van der Waals surface area contributed by atoms with Crippen molar-refractivity contribution in [2.45, 2.75) is 66.2 Å². The van der Waals surface area contributed by atoms with E-state index in [1.807, 2.05) is 0 Å². The molecule has 0 amide bonds. The number of rotatable bonds is 7. The SMILES string of the molecule is C=C(NCCCC(C)C)C1CCC(C(C)C)CC1. The van der Waals surface area contributed by atoms with Gasteiger partial charge in [0.05, 0.1) is 0 Å². The highest BCUT2D eigenvalue weighted by molar-refractivity contribution is 5.00. The molecule has 1 aliphatic carbocycles. The second-order valence-corrected chi connectivity index (χ2v) is 6.84. The quantitative estimate of drug-likeness (QED) is 0.629. The maximum Gasteiger partial charge on any atom is 0.0143 e. The molecule has 0 unspecified atom stereocenters. The molecule has 0 aromatic carbocycles. The van der Waals surface area contributed by atoms with Crippen molar-refractivity contribution in [1.82, 2.24) is 5.32 Å². The van der Waals surface area contributed by atoms with Crippen molar-refractivity contribution in [3.63, 3.8) is 0 Å². The van der Waals surface area contributed by atoms with E-state index in [0.29, 0.717) is 0 Å². The van der Waals surface area contributed by atoms with E-state index in [1.54, 1.807) is 0 Å². The Morgan fingerprint density at radius 2 is 1.72 bits per heavy atom. The third kappa shape index (κ3) is 5.46. The summed E-state index contributed by atoms with van der Waals surface area (Å²) in [7, 11) is 0. The van der Waals surface area contributed by atoms with Crippen LogP contribution in [0.1, 0.15) is 66.2 Å².